The maximum absolute atomic E-state index is 11.2. The zero-order valence-electron chi connectivity index (χ0n) is 11.0. The van der Waals surface area contributed by atoms with Gasteiger partial charge in [0.1, 0.15) is 4.88 Å². The fraction of sp³-hybridized carbons (Fsp3) is 0.692. The molecule has 1 N–H and O–H groups in total. The third-order valence-corrected chi connectivity index (χ3v) is 4.69. The first-order chi connectivity index (χ1) is 8.67. The van der Waals surface area contributed by atoms with Crippen LogP contribution in [0.4, 0.5) is 5.13 Å². The zero-order valence-corrected chi connectivity index (χ0v) is 11.8. The molecule has 0 radical (unpaired) electrons. The number of aromatic nitrogens is 1. The van der Waals surface area contributed by atoms with Crippen LogP contribution in [0.5, 0.6) is 0 Å². The van der Waals surface area contributed by atoms with Gasteiger partial charge in [0.05, 0.1) is 5.69 Å². The van der Waals surface area contributed by atoms with Gasteiger partial charge in [-0.05, 0) is 26.2 Å². The van der Waals surface area contributed by atoms with Gasteiger partial charge in [-0.2, -0.15) is 0 Å². The van der Waals surface area contributed by atoms with E-state index in [0.29, 0.717) is 17.3 Å². The molecule has 1 aliphatic carbocycles. The predicted octanol–water partition coefficient (Wildman–Crippen LogP) is 3.17. The van der Waals surface area contributed by atoms with Crippen molar-refractivity contribution in [3.63, 3.8) is 0 Å². The van der Waals surface area contributed by atoms with Crippen molar-refractivity contribution in [2.24, 2.45) is 0 Å². The smallest absolute Gasteiger partial charge is 0.347 e. The molecule has 4 nitrogen and oxygen atoms in total. The molecule has 2 rings (SSSR count). The van der Waals surface area contributed by atoms with E-state index < -0.39 is 5.97 Å². The summed E-state index contributed by atoms with van der Waals surface area (Å²) in [5.41, 5.74) is 0.721. The van der Waals surface area contributed by atoms with Crippen molar-refractivity contribution in [1.29, 1.82) is 0 Å². The number of anilines is 1. The Balaban J connectivity index is 2.27. The van der Waals surface area contributed by atoms with E-state index in [1.165, 1.54) is 37.0 Å². The van der Waals surface area contributed by atoms with Gasteiger partial charge >= 0.3 is 5.97 Å². The number of rotatable bonds is 5. The lowest BCUT2D eigenvalue weighted by Crippen LogP contribution is -2.32. The average Bonchev–Trinajstić information content (AvgIpc) is 2.98. The number of carbonyl (C=O) groups is 1. The largest absolute Gasteiger partial charge is 0.477 e. The zero-order chi connectivity index (χ0) is 13.1. The molecule has 0 unspecified atom stereocenters. The van der Waals surface area contributed by atoms with Crippen LogP contribution in [0.3, 0.4) is 0 Å². The van der Waals surface area contributed by atoms with Gasteiger partial charge in [0.15, 0.2) is 5.13 Å². The average molecular weight is 268 g/mol. The molecule has 100 valence electrons. The standard InChI is InChI=1S/C13H20N2O2S/c1-3-10-11(12(16)17)18-13(14-10)15(4-2)9-7-5-6-8-9/h9H,3-8H2,1-2H3,(H,16,17). The van der Waals surface area contributed by atoms with Crippen LogP contribution in [0.2, 0.25) is 0 Å². The summed E-state index contributed by atoms with van der Waals surface area (Å²) < 4.78 is 0. The minimum atomic E-state index is -0.849. The van der Waals surface area contributed by atoms with Crippen molar-refractivity contribution >= 4 is 22.4 Å². The van der Waals surface area contributed by atoms with Crippen LogP contribution in [-0.2, 0) is 6.42 Å². The van der Waals surface area contributed by atoms with Gasteiger partial charge in [-0.25, -0.2) is 9.78 Å². The van der Waals surface area contributed by atoms with E-state index in [9.17, 15) is 9.90 Å². The third-order valence-electron chi connectivity index (χ3n) is 3.57. The highest BCUT2D eigenvalue weighted by atomic mass is 32.1. The third kappa shape index (κ3) is 2.51. The molecule has 18 heavy (non-hydrogen) atoms. The molecule has 1 saturated carbocycles. The van der Waals surface area contributed by atoms with Crippen molar-refractivity contribution in [3.8, 4) is 0 Å². The fourth-order valence-corrected chi connectivity index (χ4v) is 3.76. The van der Waals surface area contributed by atoms with E-state index in [2.05, 4.69) is 16.8 Å². The highest BCUT2D eigenvalue weighted by Gasteiger charge is 2.26. The summed E-state index contributed by atoms with van der Waals surface area (Å²) in [6.07, 6.45) is 5.65. The molecule has 1 aliphatic rings. The van der Waals surface area contributed by atoms with Gasteiger partial charge in [0.2, 0.25) is 0 Å². The number of thiazole rings is 1. The molecular weight excluding hydrogens is 248 g/mol. The highest BCUT2D eigenvalue weighted by Crippen LogP contribution is 2.32. The molecule has 5 heteroatoms. The van der Waals surface area contributed by atoms with Crippen molar-refractivity contribution in [1.82, 2.24) is 4.98 Å². The van der Waals surface area contributed by atoms with E-state index in [1.807, 2.05) is 6.92 Å². The topological polar surface area (TPSA) is 53.4 Å². The van der Waals surface area contributed by atoms with Crippen LogP contribution in [-0.4, -0.2) is 28.6 Å². The molecule has 1 fully saturated rings. The highest BCUT2D eigenvalue weighted by molar-refractivity contribution is 7.17. The monoisotopic (exact) mass is 268 g/mol. The van der Waals surface area contributed by atoms with Crippen molar-refractivity contribution < 1.29 is 9.90 Å². The molecule has 0 amide bonds. The Morgan fingerprint density at radius 1 is 1.44 bits per heavy atom. The number of aryl methyl sites for hydroxylation is 1. The Labute approximate surface area is 112 Å². The minimum absolute atomic E-state index is 0.406. The maximum atomic E-state index is 11.2. The van der Waals surface area contributed by atoms with Crippen molar-refractivity contribution in [2.45, 2.75) is 52.0 Å². The molecule has 1 heterocycles. The molecule has 0 atom stereocenters. The van der Waals surface area contributed by atoms with Crippen molar-refractivity contribution in [3.05, 3.63) is 10.6 Å². The van der Waals surface area contributed by atoms with Gasteiger partial charge in [-0.1, -0.05) is 31.1 Å². The fourth-order valence-electron chi connectivity index (χ4n) is 2.63. The van der Waals surface area contributed by atoms with Crippen molar-refractivity contribution in [2.75, 3.05) is 11.4 Å². The van der Waals surface area contributed by atoms with E-state index >= 15 is 0 Å². The van der Waals surface area contributed by atoms with Gasteiger partial charge in [-0.3, -0.25) is 0 Å². The molecule has 0 bridgehead atoms. The second-order valence-corrected chi connectivity index (χ2v) is 5.63. The van der Waals surface area contributed by atoms with Crippen LogP contribution in [0.15, 0.2) is 0 Å². The first-order valence-electron chi connectivity index (χ1n) is 6.67. The summed E-state index contributed by atoms with van der Waals surface area (Å²) in [6.45, 7) is 4.98. The SMILES string of the molecule is CCc1nc(N(CC)C2CCCC2)sc1C(=O)O. The number of aromatic carboxylic acids is 1. The van der Waals surface area contributed by atoms with Crippen LogP contribution in [0.1, 0.15) is 54.9 Å². The summed E-state index contributed by atoms with van der Waals surface area (Å²) in [7, 11) is 0. The first-order valence-corrected chi connectivity index (χ1v) is 7.48. The summed E-state index contributed by atoms with van der Waals surface area (Å²) in [4.78, 5) is 18.4. The lowest BCUT2D eigenvalue weighted by atomic mass is 10.2. The second kappa shape index (κ2) is 5.69. The number of nitrogens with zero attached hydrogens (tertiary/aromatic N) is 2. The van der Waals surface area contributed by atoms with E-state index in [-0.39, 0.29) is 0 Å². The van der Waals surface area contributed by atoms with E-state index in [4.69, 9.17) is 0 Å². The Kier molecular flexibility index (Phi) is 4.22. The minimum Gasteiger partial charge on any atom is -0.477 e. The summed E-state index contributed by atoms with van der Waals surface area (Å²) in [5.74, 6) is -0.849. The lowest BCUT2D eigenvalue weighted by Gasteiger charge is -2.26. The normalized spacial score (nSPS) is 16.1. The van der Waals surface area contributed by atoms with Crippen LogP contribution in [0.25, 0.3) is 0 Å². The van der Waals surface area contributed by atoms with E-state index in [0.717, 1.165) is 17.4 Å². The van der Waals surface area contributed by atoms with Gasteiger partial charge in [0, 0.05) is 12.6 Å². The molecule has 0 saturated heterocycles. The second-order valence-electron chi connectivity index (χ2n) is 4.66. The number of carboxylic acids is 1. The molecule has 1 aromatic heterocycles. The molecule has 1 aromatic rings. The number of carboxylic acid groups (broad SMARTS) is 1. The summed E-state index contributed by atoms with van der Waals surface area (Å²) in [6, 6.07) is 0.549. The van der Waals surface area contributed by atoms with Crippen LogP contribution >= 0.6 is 11.3 Å². The van der Waals surface area contributed by atoms with Crippen LogP contribution < -0.4 is 4.90 Å². The molecule has 0 aromatic carbocycles. The lowest BCUT2D eigenvalue weighted by molar-refractivity contribution is 0.0701. The number of hydrogen-bond donors (Lipinski definition) is 1. The molecule has 0 aliphatic heterocycles. The Morgan fingerprint density at radius 2 is 2.11 bits per heavy atom. The number of hydrogen-bond acceptors (Lipinski definition) is 4. The van der Waals surface area contributed by atoms with E-state index in [1.54, 1.807) is 0 Å². The Morgan fingerprint density at radius 3 is 2.56 bits per heavy atom. The predicted molar refractivity (Wildman–Crippen MR) is 73.7 cm³/mol. The van der Waals surface area contributed by atoms with Gasteiger partial charge in [0.25, 0.3) is 0 Å². The summed E-state index contributed by atoms with van der Waals surface area (Å²) >= 11 is 1.33. The quantitative estimate of drug-likeness (QED) is 0.891. The van der Waals surface area contributed by atoms with Crippen LogP contribution in [0, 0.1) is 0 Å². The summed E-state index contributed by atoms with van der Waals surface area (Å²) in [5, 5.41) is 10.1. The Bertz CT molecular complexity index is 425. The van der Waals surface area contributed by atoms with Gasteiger partial charge in [-0.15, -0.1) is 0 Å². The maximum Gasteiger partial charge on any atom is 0.347 e. The van der Waals surface area contributed by atoms with Gasteiger partial charge < -0.3 is 10.0 Å². The Hall–Kier alpha value is -1.10. The molecule has 0 spiro atoms. The molecular formula is C13H20N2O2S. The first kappa shape index (κ1) is 13.3.